The van der Waals surface area contributed by atoms with Gasteiger partial charge in [-0.1, -0.05) is 75.4 Å². The monoisotopic (exact) mass is 281 g/mol. The van der Waals surface area contributed by atoms with Crippen LogP contribution in [0.15, 0.2) is 54.6 Å². The molecule has 112 valence electrons. The predicted octanol–water partition coefficient (Wildman–Crippen LogP) is 5.41. The summed E-state index contributed by atoms with van der Waals surface area (Å²) < 4.78 is 0. The summed E-state index contributed by atoms with van der Waals surface area (Å²) in [7, 11) is 0. The molecule has 0 unspecified atom stereocenters. The van der Waals surface area contributed by atoms with E-state index >= 15 is 0 Å². The van der Waals surface area contributed by atoms with Crippen molar-refractivity contribution in [2.75, 3.05) is 0 Å². The van der Waals surface area contributed by atoms with Crippen molar-refractivity contribution < 1.29 is 0 Å². The summed E-state index contributed by atoms with van der Waals surface area (Å²) in [6.07, 6.45) is 3.55. The van der Waals surface area contributed by atoms with Crippen molar-refractivity contribution in [1.82, 2.24) is 5.32 Å². The van der Waals surface area contributed by atoms with Crippen LogP contribution in [0.3, 0.4) is 0 Å². The fraction of sp³-hybridized carbons (Fsp3) is 0.400. The lowest BCUT2D eigenvalue weighted by atomic mass is 9.89. The van der Waals surface area contributed by atoms with Crippen molar-refractivity contribution in [1.29, 1.82) is 0 Å². The highest BCUT2D eigenvalue weighted by Gasteiger charge is 2.22. The Balaban J connectivity index is 2.03. The van der Waals surface area contributed by atoms with Gasteiger partial charge in [0.25, 0.3) is 0 Å². The maximum absolute atomic E-state index is 3.76. The SMILES string of the molecule is CCC(CC)(CC)NCc1ccc(-c2ccccc2)cc1. The molecular weight excluding hydrogens is 254 g/mol. The summed E-state index contributed by atoms with van der Waals surface area (Å²) in [6.45, 7) is 7.78. The molecule has 0 amide bonds. The van der Waals surface area contributed by atoms with E-state index in [1.807, 2.05) is 0 Å². The van der Waals surface area contributed by atoms with E-state index in [9.17, 15) is 0 Å². The molecule has 1 heteroatoms. The van der Waals surface area contributed by atoms with Crippen LogP contribution in [0.2, 0.25) is 0 Å². The molecule has 2 aromatic carbocycles. The molecule has 0 aliphatic carbocycles. The van der Waals surface area contributed by atoms with Crippen LogP contribution in [0.25, 0.3) is 11.1 Å². The lowest BCUT2D eigenvalue weighted by Crippen LogP contribution is -2.43. The zero-order valence-corrected chi connectivity index (χ0v) is 13.5. The third-order valence-electron chi connectivity index (χ3n) is 4.76. The van der Waals surface area contributed by atoms with Gasteiger partial charge in [-0.3, -0.25) is 0 Å². The molecule has 0 fully saturated rings. The highest BCUT2D eigenvalue weighted by atomic mass is 15.0. The van der Waals surface area contributed by atoms with Gasteiger partial charge in [-0.15, -0.1) is 0 Å². The van der Waals surface area contributed by atoms with Crippen LogP contribution in [-0.2, 0) is 6.54 Å². The summed E-state index contributed by atoms with van der Waals surface area (Å²) in [5, 5.41) is 3.76. The van der Waals surface area contributed by atoms with Crippen molar-refractivity contribution in [2.24, 2.45) is 0 Å². The van der Waals surface area contributed by atoms with Crippen molar-refractivity contribution in [3.8, 4) is 11.1 Å². The summed E-state index contributed by atoms with van der Waals surface area (Å²) in [5.41, 5.74) is 4.21. The fourth-order valence-electron chi connectivity index (χ4n) is 2.86. The minimum absolute atomic E-state index is 0.290. The Morgan fingerprint density at radius 2 is 1.24 bits per heavy atom. The smallest absolute Gasteiger partial charge is 0.0210 e. The minimum atomic E-state index is 0.290. The first-order chi connectivity index (χ1) is 10.2. The zero-order chi connectivity index (χ0) is 15.1. The van der Waals surface area contributed by atoms with Gasteiger partial charge in [0.1, 0.15) is 0 Å². The molecule has 0 saturated carbocycles. The topological polar surface area (TPSA) is 12.0 Å². The highest BCUT2D eigenvalue weighted by molar-refractivity contribution is 5.63. The number of nitrogens with one attached hydrogen (secondary N) is 1. The van der Waals surface area contributed by atoms with Crippen molar-refractivity contribution >= 4 is 0 Å². The number of hydrogen-bond donors (Lipinski definition) is 1. The Morgan fingerprint density at radius 3 is 1.76 bits per heavy atom. The average Bonchev–Trinajstić information content (AvgIpc) is 2.58. The Kier molecular flexibility index (Phi) is 5.58. The molecule has 21 heavy (non-hydrogen) atoms. The number of rotatable bonds is 7. The molecule has 1 nitrogen and oxygen atoms in total. The Bertz CT molecular complexity index is 515. The molecule has 2 aromatic rings. The summed E-state index contributed by atoms with van der Waals surface area (Å²) >= 11 is 0. The van der Waals surface area contributed by atoms with Crippen molar-refractivity contribution in [3.05, 3.63) is 60.2 Å². The second kappa shape index (κ2) is 7.42. The van der Waals surface area contributed by atoms with E-state index in [2.05, 4.69) is 80.7 Å². The van der Waals surface area contributed by atoms with Crippen LogP contribution in [0.4, 0.5) is 0 Å². The van der Waals surface area contributed by atoms with E-state index in [1.54, 1.807) is 0 Å². The molecule has 0 heterocycles. The van der Waals surface area contributed by atoms with Crippen LogP contribution in [0.5, 0.6) is 0 Å². The lowest BCUT2D eigenvalue weighted by molar-refractivity contribution is 0.288. The molecule has 0 saturated heterocycles. The minimum Gasteiger partial charge on any atom is -0.307 e. The van der Waals surface area contributed by atoms with Crippen molar-refractivity contribution in [2.45, 2.75) is 52.1 Å². The van der Waals surface area contributed by atoms with Crippen LogP contribution < -0.4 is 5.32 Å². The second-order valence-electron chi connectivity index (χ2n) is 5.76. The van der Waals surface area contributed by atoms with Gasteiger partial charge in [-0.25, -0.2) is 0 Å². The molecule has 0 aromatic heterocycles. The van der Waals surface area contributed by atoms with Crippen LogP contribution in [-0.4, -0.2) is 5.54 Å². The molecule has 2 rings (SSSR count). The highest BCUT2D eigenvalue weighted by Crippen LogP contribution is 2.22. The molecule has 0 radical (unpaired) electrons. The summed E-state index contributed by atoms with van der Waals surface area (Å²) in [5.74, 6) is 0. The summed E-state index contributed by atoms with van der Waals surface area (Å²) in [4.78, 5) is 0. The van der Waals surface area contributed by atoms with Crippen LogP contribution in [0.1, 0.15) is 45.6 Å². The van der Waals surface area contributed by atoms with Gasteiger partial charge in [0.05, 0.1) is 0 Å². The lowest BCUT2D eigenvalue weighted by Gasteiger charge is -2.32. The molecule has 0 spiro atoms. The van der Waals surface area contributed by atoms with Gasteiger partial charge < -0.3 is 5.32 Å². The quantitative estimate of drug-likeness (QED) is 0.715. The van der Waals surface area contributed by atoms with E-state index in [-0.39, 0.29) is 5.54 Å². The average molecular weight is 281 g/mol. The van der Waals surface area contributed by atoms with E-state index in [1.165, 1.54) is 36.0 Å². The third-order valence-corrected chi connectivity index (χ3v) is 4.76. The predicted molar refractivity (Wildman–Crippen MR) is 92.3 cm³/mol. The van der Waals surface area contributed by atoms with Crippen molar-refractivity contribution in [3.63, 3.8) is 0 Å². The first kappa shape index (κ1) is 15.8. The fourth-order valence-corrected chi connectivity index (χ4v) is 2.86. The standard InChI is InChI=1S/C20H27N/c1-4-20(5-2,6-3)21-16-17-12-14-19(15-13-17)18-10-8-7-9-11-18/h7-15,21H,4-6,16H2,1-3H3. The van der Waals surface area contributed by atoms with Gasteiger partial charge in [-0.2, -0.15) is 0 Å². The largest absolute Gasteiger partial charge is 0.307 e. The molecule has 0 aliphatic heterocycles. The Labute approximate surface area is 129 Å². The zero-order valence-electron chi connectivity index (χ0n) is 13.5. The number of benzene rings is 2. The first-order valence-corrected chi connectivity index (χ1v) is 8.12. The van der Waals surface area contributed by atoms with Crippen LogP contribution >= 0.6 is 0 Å². The van der Waals surface area contributed by atoms with E-state index in [4.69, 9.17) is 0 Å². The Morgan fingerprint density at radius 1 is 0.714 bits per heavy atom. The van der Waals surface area contributed by atoms with Gasteiger partial charge >= 0.3 is 0 Å². The third kappa shape index (κ3) is 3.95. The normalized spacial score (nSPS) is 11.6. The van der Waals surface area contributed by atoms with E-state index < -0.39 is 0 Å². The maximum Gasteiger partial charge on any atom is 0.0210 e. The molecule has 0 aliphatic rings. The molecular formula is C20H27N. The first-order valence-electron chi connectivity index (χ1n) is 8.12. The van der Waals surface area contributed by atoms with E-state index in [0.29, 0.717) is 0 Å². The Hall–Kier alpha value is -1.60. The summed E-state index contributed by atoms with van der Waals surface area (Å²) in [6, 6.07) is 19.5. The molecule has 1 N–H and O–H groups in total. The van der Waals surface area contributed by atoms with Crippen LogP contribution in [0, 0.1) is 0 Å². The molecule has 0 atom stereocenters. The second-order valence-corrected chi connectivity index (χ2v) is 5.76. The number of hydrogen-bond acceptors (Lipinski definition) is 1. The maximum atomic E-state index is 3.76. The van der Waals surface area contributed by atoms with Gasteiger partial charge in [0, 0.05) is 12.1 Å². The van der Waals surface area contributed by atoms with Gasteiger partial charge in [-0.05, 0) is 36.0 Å². The molecule has 0 bridgehead atoms. The van der Waals surface area contributed by atoms with Gasteiger partial charge in [0.2, 0.25) is 0 Å². The van der Waals surface area contributed by atoms with Gasteiger partial charge in [0.15, 0.2) is 0 Å². The van der Waals surface area contributed by atoms with E-state index in [0.717, 1.165) is 6.54 Å².